The Labute approximate surface area is 187 Å². The fraction of sp³-hybridized carbons (Fsp3) is 0.208. The van der Waals surface area contributed by atoms with Crippen molar-refractivity contribution in [1.29, 1.82) is 0 Å². The molecule has 4 N–H and O–H groups in total. The lowest BCUT2D eigenvalue weighted by molar-refractivity contribution is -0.132. The van der Waals surface area contributed by atoms with E-state index >= 15 is 0 Å². The van der Waals surface area contributed by atoms with Crippen molar-refractivity contribution in [2.24, 2.45) is 5.73 Å². The van der Waals surface area contributed by atoms with E-state index < -0.39 is 5.97 Å². The minimum atomic E-state index is -0.399. The van der Waals surface area contributed by atoms with Crippen LogP contribution in [0.3, 0.4) is 0 Å². The molecule has 2 rings (SSSR count). The smallest absolute Gasteiger partial charge is 0.308 e. The average Bonchev–Trinajstić information content (AvgIpc) is 2.77. The van der Waals surface area contributed by atoms with Crippen molar-refractivity contribution < 1.29 is 24.2 Å². The molecule has 0 atom stereocenters. The summed E-state index contributed by atoms with van der Waals surface area (Å²) in [7, 11) is 0. The van der Waals surface area contributed by atoms with Gasteiger partial charge >= 0.3 is 5.97 Å². The number of nitrogens with two attached hydrogens (primary N) is 1. The zero-order chi connectivity index (χ0) is 23.3. The molecule has 0 heterocycles. The van der Waals surface area contributed by atoms with E-state index in [-0.39, 0.29) is 24.1 Å². The van der Waals surface area contributed by atoms with Gasteiger partial charge in [0.1, 0.15) is 11.5 Å². The van der Waals surface area contributed by atoms with Gasteiger partial charge in [-0.05, 0) is 47.5 Å². The third-order valence-corrected chi connectivity index (χ3v) is 4.27. The van der Waals surface area contributed by atoms with Crippen LogP contribution in [0.5, 0.6) is 11.5 Å². The molecule has 8 heteroatoms. The summed E-state index contributed by atoms with van der Waals surface area (Å²) < 4.78 is 4.97. The van der Waals surface area contributed by atoms with Gasteiger partial charge < -0.3 is 25.8 Å². The Kier molecular flexibility index (Phi) is 9.68. The Morgan fingerprint density at radius 1 is 0.969 bits per heavy atom. The SMILES string of the molecule is CC(=O)Oc1ccc(/C=C/C(=O)N(CCN)CCNC(=O)/C=C/c2ccc(O)cc2)cc1. The van der Waals surface area contributed by atoms with E-state index in [1.807, 2.05) is 0 Å². The maximum atomic E-state index is 12.5. The quantitative estimate of drug-likeness (QED) is 0.297. The Hall–Kier alpha value is -3.91. The highest BCUT2D eigenvalue weighted by molar-refractivity contribution is 5.92. The number of benzene rings is 2. The monoisotopic (exact) mass is 437 g/mol. The topological polar surface area (TPSA) is 122 Å². The molecule has 2 aromatic carbocycles. The van der Waals surface area contributed by atoms with E-state index in [1.54, 1.807) is 53.5 Å². The molecule has 2 aromatic rings. The fourth-order valence-corrected chi connectivity index (χ4v) is 2.70. The van der Waals surface area contributed by atoms with E-state index in [2.05, 4.69) is 5.32 Å². The minimum absolute atomic E-state index is 0.157. The van der Waals surface area contributed by atoms with Crippen molar-refractivity contribution in [3.05, 3.63) is 71.8 Å². The predicted molar refractivity (Wildman–Crippen MR) is 123 cm³/mol. The van der Waals surface area contributed by atoms with Crippen molar-refractivity contribution in [3.8, 4) is 11.5 Å². The summed E-state index contributed by atoms with van der Waals surface area (Å²) in [5, 5.41) is 12.0. The number of nitrogens with one attached hydrogen (secondary N) is 1. The molecule has 0 bridgehead atoms. The Morgan fingerprint density at radius 3 is 2.16 bits per heavy atom. The molecule has 168 valence electrons. The molecule has 0 spiro atoms. The van der Waals surface area contributed by atoms with Gasteiger partial charge in [0.25, 0.3) is 0 Å². The first-order chi connectivity index (χ1) is 15.4. The van der Waals surface area contributed by atoms with Gasteiger partial charge in [-0.15, -0.1) is 0 Å². The molecule has 0 aliphatic rings. The molecule has 0 saturated carbocycles. The van der Waals surface area contributed by atoms with Gasteiger partial charge in [-0.3, -0.25) is 14.4 Å². The van der Waals surface area contributed by atoms with Crippen LogP contribution in [0.4, 0.5) is 0 Å². The van der Waals surface area contributed by atoms with E-state index in [9.17, 15) is 19.5 Å². The molecule has 0 aliphatic carbocycles. The lowest BCUT2D eigenvalue weighted by Crippen LogP contribution is -2.40. The average molecular weight is 437 g/mol. The van der Waals surface area contributed by atoms with E-state index in [0.717, 1.165) is 11.1 Å². The highest BCUT2D eigenvalue weighted by atomic mass is 16.5. The van der Waals surface area contributed by atoms with E-state index in [1.165, 1.54) is 31.2 Å². The van der Waals surface area contributed by atoms with Crippen molar-refractivity contribution in [2.75, 3.05) is 26.2 Å². The summed E-state index contributed by atoms with van der Waals surface area (Å²) in [6, 6.07) is 13.2. The number of carbonyl (C=O) groups is 3. The summed E-state index contributed by atoms with van der Waals surface area (Å²) in [5.74, 6) is -0.330. The number of esters is 1. The maximum Gasteiger partial charge on any atom is 0.308 e. The maximum absolute atomic E-state index is 12.5. The molecular formula is C24H27N3O5. The van der Waals surface area contributed by atoms with Crippen molar-refractivity contribution in [1.82, 2.24) is 10.2 Å². The van der Waals surface area contributed by atoms with Crippen LogP contribution >= 0.6 is 0 Å². The van der Waals surface area contributed by atoms with Crippen LogP contribution in [-0.2, 0) is 14.4 Å². The zero-order valence-corrected chi connectivity index (χ0v) is 17.9. The van der Waals surface area contributed by atoms with Gasteiger partial charge in [0, 0.05) is 45.3 Å². The largest absolute Gasteiger partial charge is 0.508 e. The van der Waals surface area contributed by atoms with Gasteiger partial charge in [0.2, 0.25) is 11.8 Å². The molecule has 0 saturated heterocycles. The summed E-state index contributed by atoms with van der Waals surface area (Å²) in [4.78, 5) is 37.0. The van der Waals surface area contributed by atoms with E-state index in [0.29, 0.717) is 25.4 Å². The molecule has 0 aromatic heterocycles. The number of amides is 2. The number of nitrogens with zero attached hydrogens (tertiary/aromatic N) is 1. The van der Waals surface area contributed by atoms with Crippen LogP contribution in [0.2, 0.25) is 0 Å². The predicted octanol–water partition coefficient (Wildman–Crippen LogP) is 1.95. The third kappa shape index (κ3) is 8.85. The van der Waals surface area contributed by atoms with Crippen molar-refractivity contribution in [2.45, 2.75) is 6.92 Å². The molecule has 32 heavy (non-hydrogen) atoms. The highest BCUT2D eigenvalue weighted by Gasteiger charge is 2.10. The molecule has 8 nitrogen and oxygen atoms in total. The lowest BCUT2D eigenvalue weighted by Gasteiger charge is -2.20. The number of rotatable bonds is 10. The van der Waals surface area contributed by atoms with Gasteiger partial charge in [0.05, 0.1) is 0 Å². The fourth-order valence-electron chi connectivity index (χ4n) is 2.70. The standard InChI is InChI=1S/C24H27N3O5/c1-18(28)32-22-10-4-20(5-11-22)7-13-24(31)27(16-14-25)17-15-26-23(30)12-6-19-2-8-21(29)9-3-19/h2-13,29H,14-17,25H2,1H3,(H,26,30)/b12-6+,13-7+. The number of hydrogen-bond donors (Lipinski definition) is 3. The zero-order valence-electron chi connectivity index (χ0n) is 17.9. The van der Waals surface area contributed by atoms with Gasteiger partial charge in [0.15, 0.2) is 0 Å². The Morgan fingerprint density at radius 2 is 1.56 bits per heavy atom. The second kappa shape index (κ2) is 12.7. The Balaban J connectivity index is 1.84. The normalized spacial score (nSPS) is 10.9. The minimum Gasteiger partial charge on any atom is -0.508 e. The summed E-state index contributed by atoms with van der Waals surface area (Å²) in [5.41, 5.74) is 7.16. The Bertz CT molecular complexity index is 966. The molecular weight excluding hydrogens is 410 g/mol. The van der Waals surface area contributed by atoms with Crippen LogP contribution in [0.15, 0.2) is 60.7 Å². The lowest BCUT2D eigenvalue weighted by atomic mass is 10.2. The first-order valence-corrected chi connectivity index (χ1v) is 10.1. The van der Waals surface area contributed by atoms with Gasteiger partial charge in [-0.1, -0.05) is 24.3 Å². The van der Waals surface area contributed by atoms with Crippen LogP contribution in [0.1, 0.15) is 18.1 Å². The molecule has 0 aliphatic heterocycles. The van der Waals surface area contributed by atoms with E-state index in [4.69, 9.17) is 10.5 Å². The molecule has 0 fully saturated rings. The first kappa shape index (κ1) is 24.4. The van der Waals surface area contributed by atoms with Gasteiger partial charge in [-0.2, -0.15) is 0 Å². The van der Waals surface area contributed by atoms with Crippen LogP contribution in [-0.4, -0.2) is 54.0 Å². The summed E-state index contributed by atoms with van der Waals surface area (Å²) in [6.07, 6.45) is 6.11. The second-order valence-electron chi connectivity index (χ2n) is 6.83. The van der Waals surface area contributed by atoms with Crippen LogP contribution in [0.25, 0.3) is 12.2 Å². The number of hydrogen-bond acceptors (Lipinski definition) is 6. The van der Waals surface area contributed by atoms with Crippen LogP contribution < -0.4 is 15.8 Å². The highest BCUT2D eigenvalue weighted by Crippen LogP contribution is 2.13. The molecule has 2 amide bonds. The van der Waals surface area contributed by atoms with Crippen LogP contribution in [0, 0.1) is 0 Å². The number of ether oxygens (including phenoxy) is 1. The molecule has 0 radical (unpaired) electrons. The molecule has 0 unspecified atom stereocenters. The number of phenols is 1. The summed E-state index contributed by atoms with van der Waals surface area (Å²) >= 11 is 0. The summed E-state index contributed by atoms with van der Waals surface area (Å²) in [6.45, 7) is 2.56. The van der Waals surface area contributed by atoms with Gasteiger partial charge in [-0.25, -0.2) is 0 Å². The van der Waals surface area contributed by atoms with Crippen molar-refractivity contribution >= 4 is 29.9 Å². The number of carbonyl (C=O) groups excluding carboxylic acids is 3. The van der Waals surface area contributed by atoms with Crippen molar-refractivity contribution in [3.63, 3.8) is 0 Å². The number of phenolic OH excluding ortho intramolecular Hbond substituents is 1. The second-order valence-corrected chi connectivity index (χ2v) is 6.83. The number of aromatic hydroxyl groups is 1. The first-order valence-electron chi connectivity index (χ1n) is 10.1. The third-order valence-electron chi connectivity index (χ3n) is 4.27.